The topological polar surface area (TPSA) is 134 Å². The van der Waals surface area contributed by atoms with Crippen molar-refractivity contribution in [2.45, 2.75) is 70.6 Å². The van der Waals surface area contributed by atoms with E-state index in [1.807, 2.05) is 0 Å². The molecule has 0 spiro atoms. The molecule has 3 N–H and O–H groups in total. The summed E-state index contributed by atoms with van der Waals surface area (Å²) in [5, 5.41) is 21.5. The van der Waals surface area contributed by atoms with Crippen molar-refractivity contribution in [2.75, 3.05) is 30.0 Å². The SMILES string of the molecule is CC[C@@H]1C[C@H](Nc2ncc(OCCO)c(Cc3cc(C(F)(F)F)cc(C(F)(F)F)c3)n2)c2cc(C(F)(F)F)ccc2N1C(=O)OCC(C)(C)C(=O)O. The van der Waals surface area contributed by atoms with Gasteiger partial charge in [0.2, 0.25) is 5.95 Å². The zero-order chi connectivity index (χ0) is 38.8. The summed E-state index contributed by atoms with van der Waals surface area (Å²) in [4.78, 5) is 34.3. The molecule has 52 heavy (non-hydrogen) atoms. The number of aromatic nitrogens is 2. The third-order valence-electron chi connectivity index (χ3n) is 8.17. The Bertz CT molecular complexity index is 1750. The van der Waals surface area contributed by atoms with Crippen LogP contribution in [-0.2, 0) is 34.5 Å². The maximum absolute atomic E-state index is 13.9. The number of carbonyl (C=O) groups excluding carboxylic acids is 1. The number of nitrogens with zero attached hydrogens (tertiary/aromatic N) is 3. The molecule has 10 nitrogen and oxygen atoms in total. The van der Waals surface area contributed by atoms with Crippen LogP contribution < -0.4 is 15.0 Å². The van der Waals surface area contributed by atoms with Crippen LogP contribution in [0.2, 0.25) is 0 Å². The van der Waals surface area contributed by atoms with Crippen LogP contribution in [0.25, 0.3) is 0 Å². The largest absolute Gasteiger partial charge is 0.488 e. The summed E-state index contributed by atoms with van der Waals surface area (Å²) in [6.07, 6.45) is -15.5. The normalized spacial score (nSPS) is 16.7. The lowest BCUT2D eigenvalue weighted by Crippen LogP contribution is -2.47. The lowest BCUT2D eigenvalue weighted by Gasteiger charge is -2.40. The maximum Gasteiger partial charge on any atom is 0.416 e. The molecular formula is C33H33F9N4O6. The molecule has 0 bridgehead atoms. The first-order valence-electron chi connectivity index (χ1n) is 15.6. The van der Waals surface area contributed by atoms with Crippen LogP contribution in [0.4, 0.5) is 55.9 Å². The Morgan fingerprint density at radius 1 is 0.942 bits per heavy atom. The fourth-order valence-corrected chi connectivity index (χ4v) is 5.39. The van der Waals surface area contributed by atoms with Gasteiger partial charge >= 0.3 is 30.6 Å². The molecule has 3 aromatic rings. The minimum absolute atomic E-state index is 0.00602. The predicted molar refractivity (Wildman–Crippen MR) is 166 cm³/mol. The van der Waals surface area contributed by atoms with Gasteiger partial charge in [-0.25, -0.2) is 14.8 Å². The van der Waals surface area contributed by atoms with Gasteiger partial charge in [0.1, 0.15) is 13.2 Å². The molecule has 0 radical (unpaired) electrons. The summed E-state index contributed by atoms with van der Waals surface area (Å²) in [6.45, 7) is 2.90. The molecule has 2 aromatic carbocycles. The minimum Gasteiger partial charge on any atom is -0.488 e. The summed E-state index contributed by atoms with van der Waals surface area (Å²) in [7, 11) is 0. The highest BCUT2D eigenvalue weighted by atomic mass is 19.4. The monoisotopic (exact) mass is 752 g/mol. The van der Waals surface area contributed by atoms with Gasteiger partial charge in [-0.1, -0.05) is 6.92 Å². The van der Waals surface area contributed by atoms with Gasteiger partial charge in [-0.15, -0.1) is 0 Å². The number of hydrogen-bond acceptors (Lipinski definition) is 8. The smallest absolute Gasteiger partial charge is 0.416 e. The van der Waals surface area contributed by atoms with Crippen LogP contribution >= 0.6 is 0 Å². The Kier molecular flexibility index (Phi) is 11.6. The van der Waals surface area contributed by atoms with Crippen molar-refractivity contribution >= 4 is 23.7 Å². The standard InChI is InChI=1S/C33H33F9N4O6/c1-4-21-14-23(22-13-18(31(34,35)36)5-6-25(22)46(21)29(50)52-16-30(2,3)27(48)49)44-28-43-15-26(51-8-7-47)24(45-28)11-17-9-19(32(37,38)39)12-20(10-17)33(40,41)42/h5-6,9-10,12-13,15,21,23,47H,4,7-8,11,14,16H2,1-3H3,(H,48,49)(H,43,44,45)/t21-,23+/m1/s1. The third-order valence-corrected chi connectivity index (χ3v) is 8.17. The predicted octanol–water partition coefficient (Wildman–Crippen LogP) is 7.88. The molecule has 0 unspecified atom stereocenters. The second kappa shape index (κ2) is 15.0. The van der Waals surface area contributed by atoms with E-state index in [0.717, 1.165) is 29.3 Å². The summed E-state index contributed by atoms with van der Waals surface area (Å²) in [5.74, 6) is -1.75. The van der Waals surface area contributed by atoms with E-state index in [0.29, 0.717) is 12.1 Å². The highest BCUT2D eigenvalue weighted by Gasteiger charge is 2.41. The fourth-order valence-electron chi connectivity index (χ4n) is 5.39. The highest BCUT2D eigenvalue weighted by molar-refractivity contribution is 5.91. The number of aliphatic hydroxyl groups is 1. The van der Waals surface area contributed by atoms with Crippen LogP contribution in [-0.4, -0.2) is 58.1 Å². The van der Waals surface area contributed by atoms with Crippen LogP contribution in [0.5, 0.6) is 5.75 Å². The Morgan fingerprint density at radius 2 is 1.56 bits per heavy atom. The number of carboxylic acids is 1. The zero-order valence-corrected chi connectivity index (χ0v) is 27.7. The van der Waals surface area contributed by atoms with E-state index in [9.17, 15) is 59.3 Å². The Morgan fingerprint density at radius 3 is 2.10 bits per heavy atom. The number of aliphatic hydroxyl groups excluding tert-OH is 1. The Hall–Kier alpha value is -4.81. The Balaban J connectivity index is 1.76. The highest BCUT2D eigenvalue weighted by Crippen LogP contribution is 2.43. The molecule has 1 aliphatic rings. The van der Waals surface area contributed by atoms with Crippen molar-refractivity contribution in [3.8, 4) is 5.75 Å². The van der Waals surface area contributed by atoms with E-state index in [2.05, 4.69) is 15.3 Å². The first-order chi connectivity index (χ1) is 24.0. The number of aliphatic carboxylic acids is 1. The van der Waals surface area contributed by atoms with Gasteiger partial charge in [-0.3, -0.25) is 9.69 Å². The first kappa shape index (κ1) is 40.0. The van der Waals surface area contributed by atoms with Gasteiger partial charge in [-0.2, -0.15) is 39.5 Å². The van der Waals surface area contributed by atoms with Gasteiger partial charge in [0.05, 0.1) is 52.3 Å². The number of carboxylic acid groups (broad SMARTS) is 1. The second-order valence-corrected chi connectivity index (χ2v) is 12.5. The minimum atomic E-state index is -5.13. The molecule has 4 rings (SSSR count). The number of nitrogens with one attached hydrogen (secondary N) is 1. The van der Waals surface area contributed by atoms with E-state index in [1.165, 1.54) is 13.8 Å². The van der Waals surface area contributed by atoms with Crippen molar-refractivity contribution in [3.63, 3.8) is 0 Å². The van der Waals surface area contributed by atoms with Crippen LogP contribution in [0.3, 0.4) is 0 Å². The van der Waals surface area contributed by atoms with Crippen molar-refractivity contribution in [1.82, 2.24) is 9.97 Å². The van der Waals surface area contributed by atoms with Gasteiger partial charge in [0, 0.05) is 12.5 Å². The molecule has 2 heterocycles. The lowest BCUT2D eigenvalue weighted by atomic mass is 9.89. The van der Waals surface area contributed by atoms with E-state index < -0.39 is 90.0 Å². The molecule has 284 valence electrons. The number of ether oxygens (including phenoxy) is 2. The van der Waals surface area contributed by atoms with Crippen LogP contribution in [0.1, 0.15) is 73.2 Å². The van der Waals surface area contributed by atoms with E-state index in [-0.39, 0.29) is 54.2 Å². The summed E-state index contributed by atoms with van der Waals surface area (Å²) in [6, 6.07) is 1.82. The average Bonchev–Trinajstić information content (AvgIpc) is 3.05. The molecular weight excluding hydrogens is 719 g/mol. The van der Waals surface area contributed by atoms with Crippen molar-refractivity contribution in [1.29, 1.82) is 0 Å². The number of carbonyl (C=O) groups is 2. The fraction of sp³-hybridized carbons (Fsp3) is 0.455. The number of alkyl halides is 9. The zero-order valence-electron chi connectivity index (χ0n) is 27.7. The quantitative estimate of drug-likeness (QED) is 0.167. The number of halogens is 9. The molecule has 0 fully saturated rings. The number of benzene rings is 2. The molecule has 19 heteroatoms. The van der Waals surface area contributed by atoms with Gasteiger partial charge in [0.25, 0.3) is 0 Å². The second-order valence-electron chi connectivity index (χ2n) is 12.5. The molecule has 0 saturated carbocycles. The Labute approximate surface area is 290 Å². The van der Waals surface area contributed by atoms with Gasteiger partial charge in [0.15, 0.2) is 5.75 Å². The number of hydrogen-bond donors (Lipinski definition) is 3. The first-order valence-corrected chi connectivity index (χ1v) is 15.6. The number of fused-ring (bicyclic) bond motifs is 1. The number of rotatable bonds is 11. The molecule has 2 atom stereocenters. The van der Waals surface area contributed by atoms with Crippen molar-refractivity contribution in [2.24, 2.45) is 5.41 Å². The average molecular weight is 753 g/mol. The van der Waals surface area contributed by atoms with Crippen molar-refractivity contribution < 1.29 is 68.8 Å². The van der Waals surface area contributed by atoms with Crippen LogP contribution in [0.15, 0.2) is 42.6 Å². The molecule has 0 aliphatic carbocycles. The third kappa shape index (κ3) is 9.34. The van der Waals surface area contributed by atoms with E-state index in [4.69, 9.17) is 9.47 Å². The molecule has 1 aliphatic heterocycles. The lowest BCUT2D eigenvalue weighted by molar-refractivity contribution is -0.149. The molecule has 1 aromatic heterocycles. The summed E-state index contributed by atoms with van der Waals surface area (Å²) < 4.78 is 134. The number of amides is 1. The maximum atomic E-state index is 13.9. The molecule has 1 amide bonds. The summed E-state index contributed by atoms with van der Waals surface area (Å²) >= 11 is 0. The van der Waals surface area contributed by atoms with E-state index >= 15 is 0 Å². The molecule has 0 saturated heterocycles. The number of anilines is 2. The van der Waals surface area contributed by atoms with Crippen LogP contribution in [0, 0.1) is 5.41 Å². The van der Waals surface area contributed by atoms with E-state index in [1.54, 1.807) is 6.92 Å². The van der Waals surface area contributed by atoms with Gasteiger partial charge < -0.3 is 25.0 Å². The van der Waals surface area contributed by atoms with Gasteiger partial charge in [-0.05, 0) is 74.2 Å². The summed E-state index contributed by atoms with van der Waals surface area (Å²) in [5.41, 5.74) is -6.43. The van der Waals surface area contributed by atoms with Crippen molar-refractivity contribution in [3.05, 3.63) is 76.1 Å².